The van der Waals surface area contributed by atoms with Gasteiger partial charge in [0.05, 0.1) is 27.0 Å². The number of rotatable bonds is 8. The zero-order valence-electron chi connectivity index (χ0n) is 17.9. The third kappa shape index (κ3) is 5.42. The minimum Gasteiger partial charge on any atom is -0.495 e. The molecule has 2 N–H and O–H groups in total. The topological polar surface area (TPSA) is 98.8 Å². The van der Waals surface area contributed by atoms with Gasteiger partial charge in [0.25, 0.3) is 11.8 Å². The summed E-state index contributed by atoms with van der Waals surface area (Å²) in [4.78, 5) is 30.0. The molecule has 0 radical (unpaired) electrons. The summed E-state index contributed by atoms with van der Waals surface area (Å²) in [7, 11) is 4.50. The number of pyridine rings is 1. The molecule has 8 nitrogen and oxygen atoms in total. The predicted octanol–water partition coefficient (Wildman–Crippen LogP) is 3.52. The second kappa shape index (κ2) is 10.6. The maximum absolute atomic E-state index is 13.1. The van der Waals surface area contributed by atoms with E-state index in [-0.39, 0.29) is 5.70 Å². The molecule has 164 valence electrons. The van der Waals surface area contributed by atoms with E-state index in [1.54, 1.807) is 60.9 Å². The number of ether oxygens (including phenoxy) is 3. The lowest BCUT2D eigenvalue weighted by Gasteiger charge is -2.14. The van der Waals surface area contributed by atoms with Crippen molar-refractivity contribution in [1.82, 2.24) is 10.3 Å². The Morgan fingerprint density at radius 1 is 0.875 bits per heavy atom. The molecular weight excluding hydrogens is 410 g/mol. The minimum atomic E-state index is -0.521. The largest absolute Gasteiger partial charge is 0.495 e. The van der Waals surface area contributed by atoms with Crippen LogP contribution in [0, 0.1) is 0 Å². The van der Waals surface area contributed by atoms with E-state index in [9.17, 15) is 9.59 Å². The average Bonchev–Trinajstić information content (AvgIpc) is 2.84. The van der Waals surface area contributed by atoms with Gasteiger partial charge in [0.2, 0.25) is 0 Å². The van der Waals surface area contributed by atoms with Gasteiger partial charge < -0.3 is 24.8 Å². The van der Waals surface area contributed by atoms with Gasteiger partial charge in [-0.2, -0.15) is 0 Å². The van der Waals surface area contributed by atoms with Crippen molar-refractivity contribution < 1.29 is 23.8 Å². The molecule has 2 aromatic carbocycles. The van der Waals surface area contributed by atoms with Crippen molar-refractivity contribution in [3.63, 3.8) is 0 Å². The Balaban J connectivity index is 1.90. The summed E-state index contributed by atoms with van der Waals surface area (Å²) >= 11 is 0. The van der Waals surface area contributed by atoms with E-state index in [1.165, 1.54) is 33.5 Å². The highest BCUT2D eigenvalue weighted by atomic mass is 16.5. The Labute approximate surface area is 185 Å². The number of carbonyl (C=O) groups is 2. The summed E-state index contributed by atoms with van der Waals surface area (Å²) in [5, 5.41) is 5.44. The lowest BCUT2D eigenvalue weighted by molar-refractivity contribution is -0.113. The molecule has 32 heavy (non-hydrogen) atoms. The first kappa shape index (κ1) is 22.4. The van der Waals surface area contributed by atoms with Crippen molar-refractivity contribution in [2.24, 2.45) is 0 Å². The Morgan fingerprint density at radius 3 is 2.31 bits per heavy atom. The number of nitrogens with zero attached hydrogens (tertiary/aromatic N) is 1. The number of anilines is 1. The van der Waals surface area contributed by atoms with Crippen LogP contribution >= 0.6 is 0 Å². The Hall–Kier alpha value is -4.33. The molecule has 3 aromatic rings. The molecule has 1 aromatic heterocycles. The van der Waals surface area contributed by atoms with E-state index in [2.05, 4.69) is 15.6 Å². The average molecular weight is 433 g/mol. The number of methoxy groups -OCH3 is 3. The van der Waals surface area contributed by atoms with Crippen molar-refractivity contribution in [2.75, 3.05) is 26.6 Å². The van der Waals surface area contributed by atoms with Gasteiger partial charge in [-0.15, -0.1) is 0 Å². The van der Waals surface area contributed by atoms with Gasteiger partial charge >= 0.3 is 0 Å². The summed E-state index contributed by atoms with van der Waals surface area (Å²) in [5.74, 6) is 0.372. The third-order valence-electron chi connectivity index (χ3n) is 4.49. The quantitative estimate of drug-likeness (QED) is 0.528. The Kier molecular flexibility index (Phi) is 7.42. The molecule has 0 aliphatic rings. The van der Waals surface area contributed by atoms with Gasteiger partial charge in [0.15, 0.2) is 11.5 Å². The molecule has 8 heteroatoms. The SMILES string of the molecule is COc1ccccc1NC(=O)/C(=C\c1cccnc1)NC(=O)c1ccc(OC)c(OC)c1. The van der Waals surface area contributed by atoms with Crippen LogP contribution in [0.4, 0.5) is 5.69 Å². The number of nitrogens with one attached hydrogen (secondary N) is 2. The Bertz CT molecular complexity index is 1130. The van der Waals surface area contributed by atoms with Crippen LogP contribution in [-0.4, -0.2) is 38.1 Å². The Morgan fingerprint density at radius 2 is 1.62 bits per heavy atom. The first-order chi connectivity index (χ1) is 15.5. The smallest absolute Gasteiger partial charge is 0.272 e. The van der Waals surface area contributed by atoms with Crippen LogP contribution < -0.4 is 24.8 Å². The molecule has 0 saturated heterocycles. The van der Waals surface area contributed by atoms with Crippen LogP contribution in [0.25, 0.3) is 6.08 Å². The number of amides is 2. The van der Waals surface area contributed by atoms with Crippen LogP contribution in [0.2, 0.25) is 0 Å². The van der Waals surface area contributed by atoms with E-state index in [4.69, 9.17) is 14.2 Å². The zero-order chi connectivity index (χ0) is 22.9. The van der Waals surface area contributed by atoms with Crippen molar-refractivity contribution in [2.45, 2.75) is 0 Å². The van der Waals surface area contributed by atoms with Gasteiger partial charge in [-0.05, 0) is 48.0 Å². The van der Waals surface area contributed by atoms with E-state index in [0.29, 0.717) is 34.1 Å². The van der Waals surface area contributed by atoms with Crippen LogP contribution in [0.5, 0.6) is 17.2 Å². The number of aromatic nitrogens is 1. The molecular formula is C24H23N3O5. The van der Waals surface area contributed by atoms with Gasteiger partial charge in [-0.1, -0.05) is 18.2 Å². The van der Waals surface area contributed by atoms with Crippen LogP contribution in [0.1, 0.15) is 15.9 Å². The predicted molar refractivity (Wildman–Crippen MR) is 121 cm³/mol. The summed E-state index contributed by atoms with van der Waals surface area (Å²) in [6.45, 7) is 0. The highest BCUT2D eigenvalue weighted by molar-refractivity contribution is 6.11. The number of para-hydroxylation sites is 2. The minimum absolute atomic E-state index is 0.0312. The summed E-state index contributed by atoms with van der Waals surface area (Å²) in [6.07, 6.45) is 4.74. The fourth-order valence-corrected chi connectivity index (χ4v) is 2.90. The third-order valence-corrected chi connectivity index (χ3v) is 4.49. The molecule has 3 rings (SSSR count). The lowest BCUT2D eigenvalue weighted by atomic mass is 10.1. The van der Waals surface area contributed by atoms with Crippen LogP contribution in [0.3, 0.4) is 0 Å². The normalized spacial score (nSPS) is 10.8. The molecule has 0 fully saturated rings. The molecule has 1 heterocycles. The molecule has 0 unspecified atom stereocenters. The van der Waals surface area contributed by atoms with Gasteiger partial charge in [0.1, 0.15) is 11.4 Å². The monoisotopic (exact) mass is 433 g/mol. The fourth-order valence-electron chi connectivity index (χ4n) is 2.90. The molecule has 2 amide bonds. The second-order valence-corrected chi connectivity index (χ2v) is 6.52. The van der Waals surface area contributed by atoms with Crippen molar-refractivity contribution in [1.29, 1.82) is 0 Å². The van der Waals surface area contributed by atoms with E-state index in [1.807, 2.05) is 0 Å². The summed E-state index contributed by atoms with van der Waals surface area (Å²) in [6, 6.07) is 15.2. The first-order valence-electron chi connectivity index (χ1n) is 9.65. The van der Waals surface area contributed by atoms with Gasteiger partial charge in [0, 0.05) is 18.0 Å². The maximum Gasteiger partial charge on any atom is 0.272 e. The standard InChI is InChI=1S/C24H23N3O5/c1-30-20-9-5-4-8-18(20)26-24(29)19(13-16-7-6-12-25-15-16)27-23(28)17-10-11-21(31-2)22(14-17)32-3/h4-15H,1-3H3,(H,26,29)(H,27,28)/b19-13+. The highest BCUT2D eigenvalue weighted by Crippen LogP contribution is 2.28. The van der Waals surface area contributed by atoms with Crippen LogP contribution in [0.15, 0.2) is 72.7 Å². The van der Waals surface area contributed by atoms with Crippen molar-refractivity contribution in [3.05, 3.63) is 83.8 Å². The van der Waals surface area contributed by atoms with E-state index in [0.717, 1.165) is 0 Å². The van der Waals surface area contributed by atoms with Gasteiger partial charge in [-0.25, -0.2) is 0 Å². The molecule has 0 aliphatic heterocycles. The number of hydrogen-bond acceptors (Lipinski definition) is 6. The highest BCUT2D eigenvalue weighted by Gasteiger charge is 2.18. The maximum atomic E-state index is 13.1. The van der Waals surface area contributed by atoms with Gasteiger partial charge in [-0.3, -0.25) is 14.6 Å². The molecule has 0 atom stereocenters. The van der Waals surface area contributed by atoms with E-state index < -0.39 is 11.8 Å². The molecule has 0 spiro atoms. The molecule has 0 aliphatic carbocycles. The first-order valence-corrected chi connectivity index (χ1v) is 9.65. The van der Waals surface area contributed by atoms with Crippen molar-refractivity contribution in [3.8, 4) is 17.2 Å². The summed E-state index contributed by atoms with van der Waals surface area (Å²) < 4.78 is 15.7. The van der Waals surface area contributed by atoms with Crippen molar-refractivity contribution >= 4 is 23.6 Å². The fraction of sp³-hybridized carbons (Fsp3) is 0.125. The number of carbonyl (C=O) groups excluding carboxylic acids is 2. The van der Waals surface area contributed by atoms with Crippen LogP contribution in [-0.2, 0) is 4.79 Å². The zero-order valence-corrected chi connectivity index (χ0v) is 17.9. The number of hydrogen-bond donors (Lipinski definition) is 2. The lowest BCUT2D eigenvalue weighted by Crippen LogP contribution is -2.30. The summed E-state index contributed by atoms with van der Waals surface area (Å²) in [5.41, 5.74) is 1.44. The number of benzene rings is 2. The second-order valence-electron chi connectivity index (χ2n) is 6.52. The molecule has 0 bridgehead atoms. The van der Waals surface area contributed by atoms with E-state index >= 15 is 0 Å². The molecule has 0 saturated carbocycles.